The molecule has 2 rings (SSSR count). The molecule has 0 aliphatic heterocycles. The molecule has 2 aromatic rings. The van der Waals surface area contributed by atoms with Crippen molar-refractivity contribution in [3.05, 3.63) is 42.7 Å². The second kappa shape index (κ2) is 7.16. The smallest absolute Gasteiger partial charge is 0.318 e. The molecule has 0 bridgehead atoms. The van der Waals surface area contributed by atoms with Crippen LogP contribution in [0.3, 0.4) is 0 Å². The van der Waals surface area contributed by atoms with Crippen molar-refractivity contribution in [1.82, 2.24) is 9.78 Å². The minimum absolute atomic E-state index is 0.266. The number of anilines is 2. The predicted molar refractivity (Wildman–Crippen MR) is 92.1 cm³/mol. The number of aliphatic carboxylic acids is 1. The van der Waals surface area contributed by atoms with Crippen LogP contribution in [0.1, 0.15) is 26.8 Å². The maximum Gasteiger partial charge on any atom is 0.318 e. The Morgan fingerprint density at radius 3 is 2.36 bits per heavy atom. The molecule has 0 fully saturated rings. The van der Waals surface area contributed by atoms with Crippen molar-refractivity contribution in [2.24, 2.45) is 5.41 Å². The Morgan fingerprint density at radius 1 is 1.16 bits per heavy atom. The van der Waals surface area contributed by atoms with Gasteiger partial charge in [0.25, 0.3) is 0 Å². The summed E-state index contributed by atoms with van der Waals surface area (Å²) in [5, 5.41) is 18.4. The zero-order valence-electron chi connectivity index (χ0n) is 14.2. The van der Waals surface area contributed by atoms with E-state index in [-0.39, 0.29) is 5.91 Å². The van der Waals surface area contributed by atoms with Crippen molar-refractivity contribution in [2.45, 2.75) is 26.8 Å². The fourth-order valence-electron chi connectivity index (χ4n) is 1.94. The van der Waals surface area contributed by atoms with E-state index in [9.17, 15) is 14.4 Å². The lowest BCUT2D eigenvalue weighted by Gasteiger charge is -2.19. The molecule has 132 valence electrons. The highest BCUT2D eigenvalue weighted by atomic mass is 16.4. The van der Waals surface area contributed by atoms with E-state index >= 15 is 0 Å². The van der Waals surface area contributed by atoms with Gasteiger partial charge in [0.05, 0.1) is 0 Å². The molecule has 0 aliphatic rings. The van der Waals surface area contributed by atoms with Crippen molar-refractivity contribution in [1.29, 1.82) is 0 Å². The minimum Gasteiger partial charge on any atom is -0.480 e. The van der Waals surface area contributed by atoms with E-state index in [0.717, 1.165) is 0 Å². The van der Waals surface area contributed by atoms with Gasteiger partial charge in [-0.15, -0.1) is 0 Å². The van der Waals surface area contributed by atoms with Crippen LogP contribution in [-0.4, -0.2) is 32.7 Å². The lowest BCUT2D eigenvalue weighted by Crippen LogP contribution is -2.37. The van der Waals surface area contributed by atoms with Gasteiger partial charge in [0.2, 0.25) is 11.8 Å². The summed E-state index contributed by atoms with van der Waals surface area (Å²) in [4.78, 5) is 35.5. The molecular weight excluding hydrogens is 324 g/mol. The van der Waals surface area contributed by atoms with Crippen molar-refractivity contribution < 1.29 is 19.5 Å². The third-order valence-electron chi connectivity index (χ3n) is 3.79. The molecule has 1 heterocycles. The molecule has 1 unspecified atom stereocenters. The lowest BCUT2D eigenvalue weighted by molar-refractivity contribution is -0.151. The number of amides is 2. The van der Waals surface area contributed by atoms with Crippen LogP contribution in [0.4, 0.5) is 11.4 Å². The summed E-state index contributed by atoms with van der Waals surface area (Å²) in [6.45, 7) is 4.35. The van der Waals surface area contributed by atoms with Crippen LogP contribution in [0.15, 0.2) is 42.7 Å². The average Bonchev–Trinajstić information content (AvgIpc) is 3.08. The number of benzene rings is 1. The molecule has 0 radical (unpaired) electrons. The number of carboxylic acids is 1. The molecule has 1 aromatic carbocycles. The highest BCUT2D eigenvalue weighted by Crippen LogP contribution is 2.21. The Balaban J connectivity index is 2.07. The van der Waals surface area contributed by atoms with Crippen LogP contribution in [-0.2, 0) is 14.4 Å². The number of hydrogen-bond acceptors (Lipinski definition) is 4. The summed E-state index contributed by atoms with van der Waals surface area (Å²) in [5.41, 5.74) is -0.688. The molecule has 0 aliphatic carbocycles. The van der Waals surface area contributed by atoms with Crippen molar-refractivity contribution in [3.8, 4) is 0 Å². The van der Waals surface area contributed by atoms with Gasteiger partial charge < -0.3 is 15.7 Å². The van der Waals surface area contributed by atoms with Crippen LogP contribution in [0.2, 0.25) is 0 Å². The van der Waals surface area contributed by atoms with E-state index < -0.39 is 23.3 Å². The number of hydrogen-bond donors (Lipinski definition) is 3. The number of nitrogens with zero attached hydrogens (tertiary/aromatic N) is 2. The van der Waals surface area contributed by atoms with Gasteiger partial charge in [0, 0.05) is 23.8 Å². The third kappa shape index (κ3) is 4.23. The molecule has 1 aromatic heterocycles. The molecule has 0 saturated carbocycles. The Bertz CT molecular complexity index is 784. The second-order valence-electron chi connectivity index (χ2n) is 6.12. The van der Waals surface area contributed by atoms with Gasteiger partial charge in [-0.2, -0.15) is 5.10 Å². The largest absolute Gasteiger partial charge is 0.480 e. The number of aromatic nitrogens is 2. The van der Waals surface area contributed by atoms with Crippen molar-refractivity contribution in [2.75, 3.05) is 10.6 Å². The molecule has 0 spiro atoms. The first-order valence-electron chi connectivity index (χ1n) is 7.66. The molecular formula is C17H20N4O4. The number of nitrogens with one attached hydrogen (secondary N) is 2. The minimum atomic E-state index is -1.56. The van der Waals surface area contributed by atoms with Gasteiger partial charge >= 0.3 is 5.97 Å². The Morgan fingerprint density at radius 2 is 1.80 bits per heavy atom. The van der Waals surface area contributed by atoms with E-state index in [1.807, 2.05) is 0 Å². The maximum atomic E-state index is 12.3. The molecule has 1 atom stereocenters. The first-order chi connectivity index (χ1) is 11.7. The summed E-state index contributed by atoms with van der Waals surface area (Å²) >= 11 is 0. The zero-order valence-corrected chi connectivity index (χ0v) is 14.2. The van der Waals surface area contributed by atoms with Crippen LogP contribution in [0.5, 0.6) is 0 Å². The highest BCUT2D eigenvalue weighted by Gasteiger charge is 2.36. The molecule has 2 amide bonds. The monoisotopic (exact) mass is 344 g/mol. The standard InChI is InChI=1S/C17H20N4O4/c1-11(21-9-5-8-18-21)14(22)19-12-6-4-7-13(10-12)20-15(23)17(2,3)16(24)25/h4-11H,1-3H3,(H,19,22)(H,20,23)(H,24,25). The topological polar surface area (TPSA) is 113 Å². The van der Waals surface area contributed by atoms with E-state index in [2.05, 4.69) is 15.7 Å². The van der Waals surface area contributed by atoms with Gasteiger partial charge in [-0.1, -0.05) is 6.07 Å². The Kier molecular flexibility index (Phi) is 5.21. The molecule has 25 heavy (non-hydrogen) atoms. The van der Waals surface area contributed by atoms with Gasteiger partial charge in [-0.05, 0) is 45.0 Å². The van der Waals surface area contributed by atoms with Crippen LogP contribution < -0.4 is 10.6 Å². The molecule has 8 nitrogen and oxygen atoms in total. The third-order valence-corrected chi connectivity index (χ3v) is 3.79. The normalized spacial score (nSPS) is 12.3. The molecule has 3 N–H and O–H groups in total. The molecule has 0 saturated heterocycles. The second-order valence-corrected chi connectivity index (χ2v) is 6.12. The van der Waals surface area contributed by atoms with Crippen LogP contribution in [0.25, 0.3) is 0 Å². The number of carboxylic acid groups (broad SMARTS) is 1. The van der Waals surface area contributed by atoms with Gasteiger partial charge in [0.1, 0.15) is 11.5 Å². The van der Waals surface area contributed by atoms with E-state index in [1.165, 1.54) is 18.5 Å². The van der Waals surface area contributed by atoms with E-state index in [4.69, 9.17) is 5.11 Å². The quantitative estimate of drug-likeness (QED) is 0.695. The Hall–Kier alpha value is -3.16. The summed E-state index contributed by atoms with van der Waals surface area (Å²) in [7, 11) is 0. The van der Waals surface area contributed by atoms with E-state index in [0.29, 0.717) is 11.4 Å². The fraction of sp³-hybridized carbons (Fsp3) is 0.294. The van der Waals surface area contributed by atoms with Crippen molar-refractivity contribution >= 4 is 29.2 Å². The zero-order chi connectivity index (χ0) is 18.6. The lowest BCUT2D eigenvalue weighted by atomic mass is 9.92. The van der Waals surface area contributed by atoms with Crippen molar-refractivity contribution in [3.63, 3.8) is 0 Å². The Labute approximate surface area is 144 Å². The van der Waals surface area contributed by atoms with Crippen LogP contribution in [0, 0.1) is 5.41 Å². The summed E-state index contributed by atoms with van der Waals surface area (Å²) in [6.07, 6.45) is 3.28. The van der Waals surface area contributed by atoms with Gasteiger partial charge in [-0.25, -0.2) is 0 Å². The number of carbonyl (C=O) groups excluding carboxylic acids is 2. The summed E-state index contributed by atoms with van der Waals surface area (Å²) < 4.78 is 1.52. The predicted octanol–water partition coefficient (Wildman–Crippen LogP) is 2.13. The number of carbonyl (C=O) groups is 3. The van der Waals surface area contributed by atoms with E-state index in [1.54, 1.807) is 49.6 Å². The SMILES string of the molecule is CC(C(=O)Nc1cccc(NC(=O)C(C)(C)C(=O)O)c1)n1cccn1. The average molecular weight is 344 g/mol. The number of rotatable bonds is 6. The van der Waals surface area contributed by atoms with Gasteiger partial charge in [0.15, 0.2) is 0 Å². The maximum absolute atomic E-state index is 12.3. The highest BCUT2D eigenvalue weighted by molar-refractivity contribution is 6.07. The summed E-state index contributed by atoms with van der Waals surface area (Å²) in [5.74, 6) is -2.13. The molecule has 8 heteroatoms. The van der Waals surface area contributed by atoms with Crippen LogP contribution >= 0.6 is 0 Å². The first-order valence-corrected chi connectivity index (χ1v) is 7.66. The summed E-state index contributed by atoms with van der Waals surface area (Å²) in [6, 6.07) is 7.72. The first kappa shape index (κ1) is 18.2. The van der Waals surface area contributed by atoms with Gasteiger partial charge in [-0.3, -0.25) is 19.1 Å². The fourth-order valence-corrected chi connectivity index (χ4v) is 1.94.